The van der Waals surface area contributed by atoms with Crippen LogP contribution in [0.1, 0.15) is 17.7 Å². The lowest BCUT2D eigenvalue weighted by molar-refractivity contribution is -0.137. The van der Waals surface area contributed by atoms with E-state index >= 15 is 0 Å². The first-order chi connectivity index (χ1) is 9.06. The predicted octanol–water partition coefficient (Wildman–Crippen LogP) is 0.321. The summed E-state index contributed by atoms with van der Waals surface area (Å²) in [6.45, 7) is 7.58. The Labute approximate surface area is 113 Å². The lowest BCUT2D eigenvalue weighted by atomic mass is 10.2. The summed E-state index contributed by atoms with van der Waals surface area (Å²) in [7, 11) is 1.96. The summed E-state index contributed by atoms with van der Waals surface area (Å²) in [6, 6.07) is 0. The fraction of sp³-hybridized carbons (Fsp3) is 0.692. The van der Waals surface area contributed by atoms with E-state index < -0.39 is 5.97 Å². The lowest BCUT2D eigenvalue weighted by Crippen LogP contribution is -2.46. The number of aromatic nitrogens is 2. The van der Waals surface area contributed by atoms with Crippen LogP contribution in [0.25, 0.3) is 0 Å². The molecule has 1 aromatic heterocycles. The molecule has 1 aliphatic rings. The highest BCUT2D eigenvalue weighted by Crippen LogP contribution is 2.11. The maximum atomic E-state index is 10.5. The second-order valence-electron chi connectivity index (χ2n) is 5.14. The van der Waals surface area contributed by atoms with Crippen molar-refractivity contribution in [2.45, 2.75) is 19.9 Å². The third kappa shape index (κ3) is 3.78. The van der Waals surface area contributed by atoms with Gasteiger partial charge in [0.2, 0.25) is 0 Å². The van der Waals surface area contributed by atoms with Crippen LogP contribution in [0.5, 0.6) is 0 Å². The van der Waals surface area contributed by atoms with Crippen molar-refractivity contribution in [2.24, 2.45) is 7.05 Å². The van der Waals surface area contributed by atoms with Gasteiger partial charge >= 0.3 is 5.97 Å². The van der Waals surface area contributed by atoms with Crippen molar-refractivity contribution in [2.75, 3.05) is 32.7 Å². The van der Waals surface area contributed by atoms with E-state index in [1.54, 1.807) is 0 Å². The third-order valence-corrected chi connectivity index (χ3v) is 3.84. The summed E-state index contributed by atoms with van der Waals surface area (Å²) in [5.74, 6) is -0.714. The molecule has 0 aromatic carbocycles. The minimum Gasteiger partial charge on any atom is -0.481 e. The minimum absolute atomic E-state index is 0.238. The quantitative estimate of drug-likeness (QED) is 0.831. The number of carbonyl (C=O) groups is 1. The summed E-state index contributed by atoms with van der Waals surface area (Å²) in [6.07, 6.45) is 2.17. The van der Waals surface area contributed by atoms with Crippen LogP contribution in [0, 0.1) is 6.92 Å². The molecule has 0 atom stereocenters. The molecule has 1 aromatic rings. The molecule has 6 heteroatoms. The van der Waals surface area contributed by atoms with E-state index in [-0.39, 0.29) is 6.42 Å². The van der Waals surface area contributed by atoms with Gasteiger partial charge in [0.05, 0.1) is 12.6 Å². The molecule has 0 amide bonds. The molecule has 2 rings (SSSR count). The third-order valence-electron chi connectivity index (χ3n) is 3.84. The van der Waals surface area contributed by atoms with Crippen molar-refractivity contribution in [1.82, 2.24) is 19.6 Å². The Hall–Kier alpha value is -1.40. The Bertz CT molecular complexity index is 436. The number of carboxylic acid groups (broad SMARTS) is 1. The summed E-state index contributed by atoms with van der Waals surface area (Å²) in [4.78, 5) is 15.2. The molecule has 1 N–H and O–H groups in total. The first-order valence-electron chi connectivity index (χ1n) is 6.70. The predicted molar refractivity (Wildman–Crippen MR) is 71.9 cm³/mol. The molecule has 0 saturated carbocycles. The monoisotopic (exact) mass is 266 g/mol. The van der Waals surface area contributed by atoms with Gasteiger partial charge in [0.1, 0.15) is 0 Å². The zero-order valence-electron chi connectivity index (χ0n) is 11.7. The number of aryl methyl sites for hydroxylation is 1. The molecule has 0 aliphatic carbocycles. The van der Waals surface area contributed by atoms with Gasteiger partial charge in [-0.25, -0.2) is 0 Å². The Morgan fingerprint density at radius 3 is 2.47 bits per heavy atom. The van der Waals surface area contributed by atoms with Crippen molar-refractivity contribution in [3.05, 3.63) is 17.5 Å². The van der Waals surface area contributed by atoms with Crippen LogP contribution in [-0.2, 0) is 18.4 Å². The van der Waals surface area contributed by atoms with E-state index in [4.69, 9.17) is 5.11 Å². The molecule has 1 saturated heterocycles. The van der Waals surface area contributed by atoms with E-state index in [0.717, 1.165) is 32.7 Å². The van der Waals surface area contributed by atoms with Crippen LogP contribution in [0.3, 0.4) is 0 Å². The van der Waals surface area contributed by atoms with E-state index in [1.807, 2.05) is 17.9 Å². The second-order valence-corrected chi connectivity index (χ2v) is 5.14. The second kappa shape index (κ2) is 6.16. The topological polar surface area (TPSA) is 61.6 Å². The SMILES string of the molecule is Cc1c(CN2CCN(CCC(=O)O)CC2)cnn1C. The van der Waals surface area contributed by atoms with E-state index in [0.29, 0.717) is 6.54 Å². The van der Waals surface area contributed by atoms with E-state index in [2.05, 4.69) is 21.8 Å². The van der Waals surface area contributed by atoms with Crippen LogP contribution in [0.15, 0.2) is 6.20 Å². The van der Waals surface area contributed by atoms with Crippen LogP contribution in [0.4, 0.5) is 0 Å². The normalized spacial score (nSPS) is 17.8. The molecular weight excluding hydrogens is 244 g/mol. The summed E-state index contributed by atoms with van der Waals surface area (Å²) in [5, 5.41) is 12.9. The molecule has 1 aliphatic heterocycles. The molecule has 19 heavy (non-hydrogen) atoms. The standard InChI is InChI=1S/C13H22N4O2/c1-11-12(9-14-15(11)2)10-17-7-5-16(6-8-17)4-3-13(18)19/h9H,3-8,10H2,1-2H3,(H,18,19). The molecule has 106 valence electrons. The Morgan fingerprint density at radius 1 is 1.32 bits per heavy atom. The van der Waals surface area contributed by atoms with Crippen LogP contribution in [0.2, 0.25) is 0 Å². The van der Waals surface area contributed by atoms with Gasteiger partial charge in [0.15, 0.2) is 0 Å². The van der Waals surface area contributed by atoms with Gasteiger partial charge in [0, 0.05) is 57.6 Å². The van der Waals surface area contributed by atoms with Crippen molar-refractivity contribution in [1.29, 1.82) is 0 Å². The Kier molecular flexibility index (Phi) is 4.55. The number of piperazine rings is 1. The average molecular weight is 266 g/mol. The fourth-order valence-electron chi connectivity index (χ4n) is 2.37. The molecule has 0 unspecified atom stereocenters. The minimum atomic E-state index is -0.714. The highest BCUT2D eigenvalue weighted by molar-refractivity contribution is 5.66. The number of aliphatic carboxylic acids is 1. The lowest BCUT2D eigenvalue weighted by Gasteiger charge is -2.34. The van der Waals surface area contributed by atoms with Crippen LogP contribution >= 0.6 is 0 Å². The Morgan fingerprint density at radius 2 is 1.95 bits per heavy atom. The van der Waals surface area contributed by atoms with Crippen molar-refractivity contribution in [3.8, 4) is 0 Å². The molecule has 6 nitrogen and oxygen atoms in total. The summed E-state index contributed by atoms with van der Waals surface area (Å²) >= 11 is 0. The largest absolute Gasteiger partial charge is 0.481 e. The van der Waals surface area contributed by atoms with Crippen LogP contribution < -0.4 is 0 Å². The molecule has 0 radical (unpaired) electrons. The number of nitrogens with zero attached hydrogens (tertiary/aromatic N) is 4. The fourth-order valence-corrected chi connectivity index (χ4v) is 2.37. The maximum absolute atomic E-state index is 10.5. The van der Waals surface area contributed by atoms with E-state index in [1.165, 1.54) is 11.3 Å². The highest BCUT2D eigenvalue weighted by atomic mass is 16.4. The number of carboxylic acids is 1. The van der Waals surface area contributed by atoms with Gasteiger partial charge < -0.3 is 10.0 Å². The average Bonchev–Trinajstić information content (AvgIpc) is 2.70. The van der Waals surface area contributed by atoms with Gasteiger partial charge in [-0.2, -0.15) is 5.10 Å². The summed E-state index contributed by atoms with van der Waals surface area (Å²) < 4.78 is 1.90. The zero-order valence-corrected chi connectivity index (χ0v) is 11.7. The Balaban J connectivity index is 1.77. The van der Waals surface area contributed by atoms with Gasteiger partial charge in [-0.15, -0.1) is 0 Å². The number of rotatable bonds is 5. The van der Waals surface area contributed by atoms with Crippen molar-refractivity contribution in [3.63, 3.8) is 0 Å². The molecule has 0 bridgehead atoms. The number of hydrogen-bond donors (Lipinski definition) is 1. The number of hydrogen-bond acceptors (Lipinski definition) is 4. The highest BCUT2D eigenvalue weighted by Gasteiger charge is 2.18. The van der Waals surface area contributed by atoms with E-state index in [9.17, 15) is 4.79 Å². The maximum Gasteiger partial charge on any atom is 0.304 e. The molecule has 1 fully saturated rings. The first kappa shape index (κ1) is 14.0. The van der Waals surface area contributed by atoms with Crippen molar-refractivity contribution >= 4 is 5.97 Å². The van der Waals surface area contributed by atoms with Gasteiger partial charge in [0.25, 0.3) is 0 Å². The van der Waals surface area contributed by atoms with Gasteiger partial charge in [-0.1, -0.05) is 0 Å². The van der Waals surface area contributed by atoms with Crippen molar-refractivity contribution < 1.29 is 9.90 Å². The first-order valence-corrected chi connectivity index (χ1v) is 6.70. The molecular formula is C13H22N4O2. The van der Waals surface area contributed by atoms with Gasteiger partial charge in [-0.05, 0) is 6.92 Å². The molecule has 0 spiro atoms. The van der Waals surface area contributed by atoms with Gasteiger partial charge in [-0.3, -0.25) is 14.4 Å². The smallest absolute Gasteiger partial charge is 0.304 e. The summed E-state index contributed by atoms with van der Waals surface area (Å²) in [5.41, 5.74) is 2.50. The zero-order chi connectivity index (χ0) is 13.8. The van der Waals surface area contributed by atoms with Crippen LogP contribution in [-0.4, -0.2) is 63.4 Å². The molecule has 2 heterocycles.